The van der Waals surface area contributed by atoms with Crippen LogP contribution in [0.3, 0.4) is 0 Å². The van der Waals surface area contributed by atoms with Crippen molar-refractivity contribution in [3.63, 3.8) is 0 Å². The highest BCUT2D eigenvalue weighted by Gasteiger charge is 2.24. The van der Waals surface area contributed by atoms with E-state index in [1.165, 1.54) is 0 Å². The number of rotatable bonds is 7. The molecule has 0 spiro atoms. The van der Waals surface area contributed by atoms with Gasteiger partial charge in [-0.3, -0.25) is 14.3 Å². The highest BCUT2D eigenvalue weighted by atomic mass is 32.2. The summed E-state index contributed by atoms with van der Waals surface area (Å²) in [6.07, 6.45) is 4.31. The number of nitrogens with one attached hydrogen (secondary N) is 1. The Morgan fingerprint density at radius 2 is 2.04 bits per heavy atom. The van der Waals surface area contributed by atoms with E-state index in [-0.39, 0.29) is 24.0 Å². The fraction of sp³-hybridized carbons (Fsp3) is 0.688. The van der Waals surface area contributed by atoms with Gasteiger partial charge in [-0.15, -0.1) is 0 Å². The summed E-state index contributed by atoms with van der Waals surface area (Å²) in [4.78, 5) is 25.6. The van der Waals surface area contributed by atoms with Gasteiger partial charge in [0.2, 0.25) is 11.8 Å². The Balaban J connectivity index is 1.51. The molecule has 0 saturated heterocycles. The normalized spacial score (nSPS) is 17.2. The van der Waals surface area contributed by atoms with Crippen molar-refractivity contribution in [3.05, 3.63) is 17.5 Å². The number of sulfone groups is 1. The first-order valence-corrected chi connectivity index (χ1v) is 10.7. The standard InChI is InChI=1S/C16H24N4O4S/c1-25(23,24)9-6-16(22)19-7-8-20-14(11-19)10-13(18-20)4-5-15(21)17-12-2-3-12/h10,12H,2-9,11H2,1H3,(H,17,21). The third-order valence-electron chi connectivity index (χ3n) is 4.44. The van der Waals surface area contributed by atoms with Gasteiger partial charge in [-0.25, -0.2) is 8.42 Å². The Kier molecular flexibility index (Phi) is 5.12. The molecule has 0 atom stereocenters. The maximum atomic E-state index is 12.2. The number of carbonyl (C=O) groups excluding carboxylic acids is 2. The van der Waals surface area contributed by atoms with Crippen molar-refractivity contribution in [2.75, 3.05) is 18.6 Å². The molecule has 1 fully saturated rings. The quantitative estimate of drug-likeness (QED) is 0.722. The fourth-order valence-electron chi connectivity index (χ4n) is 2.86. The number of amides is 2. The second kappa shape index (κ2) is 7.15. The van der Waals surface area contributed by atoms with Crippen LogP contribution >= 0.6 is 0 Å². The van der Waals surface area contributed by atoms with Gasteiger partial charge >= 0.3 is 0 Å². The minimum Gasteiger partial charge on any atom is -0.353 e. The Hall–Kier alpha value is -1.90. The van der Waals surface area contributed by atoms with Gasteiger partial charge in [0.15, 0.2) is 0 Å². The van der Waals surface area contributed by atoms with Gasteiger partial charge in [-0.2, -0.15) is 5.10 Å². The molecule has 8 nitrogen and oxygen atoms in total. The lowest BCUT2D eigenvalue weighted by Crippen LogP contribution is -2.39. The monoisotopic (exact) mass is 368 g/mol. The Morgan fingerprint density at radius 3 is 2.72 bits per heavy atom. The predicted octanol–water partition coefficient (Wildman–Crippen LogP) is -0.129. The molecule has 1 aliphatic heterocycles. The van der Waals surface area contributed by atoms with Crippen molar-refractivity contribution in [2.45, 2.75) is 51.2 Å². The van der Waals surface area contributed by atoms with E-state index >= 15 is 0 Å². The van der Waals surface area contributed by atoms with Crippen LogP contribution in [0.15, 0.2) is 6.07 Å². The van der Waals surface area contributed by atoms with E-state index in [9.17, 15) is 18.0 Å². The summed E-state index contributed by atoms with van der Waals surface area (Å²) in [5.74, 6) is -0.211. The molecule has 2 aliphatic rings. The van der Waals surface area contributed by atoms with Gasteiger partial charge in [0.25, 0.3) is 0 Å². The Labute approximate surface area is 147 Å². The molecule has 2 amide bonds. The fourth-order valence-corrected chi connectivity index (χ4v) is 3.41. The molecular weight excluding hydrogens is 344 g/mol. The van der Waals surface area contributed by atoms with Crippen molar-refractivity contribution in [3.8, 4) is 0 Å². The zero-order valence-electron chi connectivity index (χ0n) is 14.4. The number of carbonyl (C=O) groups is 2. The molecule has 1 saturated carbocycles. The van der Waals surface area contributed by atoms with Gasteiger partial charge in [0.05, 0.1) is 30.2 Å². The third kappa shape index (κ3) is 5.29. The Bertz CT molecular complexity index is 767. The lowest BCUT2D eigenvalue weighted by Gasteiger charge is -2.27. The first kappa shape index (κ1) is 17.9. The summed E-state index contributed by atoms with van der Waals surface area (Å²) in [6.45, 7) is 1.55. The van der Waals surface area contributed by atoms with Crippen LogP contribution in [-0.4, -0.2) is 59.5 Å². The maximum Gasteiger partial charge on any atom is 0.224 e. The third-order valence-corrected chi connectivity index (χ3v) is 5.38. The van der Waals surface area contributed by atoms with Crippen molar-refractivity contribution in [2.24, 2.45) is 0 Å². The van der Waals surface area contributed by atoms with Gasteiger partial charge in [0.1, 0.15) is 9.84 Å². The van der Waals surface area contributed by atoms with Crippen molar-refractivity contribution >= 4 is 21.7 Å². The zero-order valence-corrected chi connectivity index (χ0v) is 15.2. The van der Waals surface area contributed by atoms with E-state index in [1.807, 2.05) is 10.7 Å². The number of nitrogens with zero attached hydrogens (tertiary/aromatic N) is 3. The van der Waals surface area contributed by atoms with E-state index in [0.29, 0.717) is 38.5 Å². The summed E-state index contributed by atoms with van der Waals surface area (Å²) >= 11 is 0. The number of hydrogen-bond acceptors (Lipinski definition) is 5. The van der Waals surface area contributed by atoms with Gasteiger partial charge < -0.3 is 10.2 Å². The molecule has 1 aromatic heterocycles. The molecule has 1 aromatic rings. The lowest BCUT2D eigenvalue weighted by molar-refractivity contribution is -0.132. The van der Waals surface area contributed by atoms with Crippen LogP contribution in [0.4, 0.5) is 0 Å². The number of fused-ring (bicyclic) bond motifs is 1. The average Bonchev–Trinajstić information content (AvgIpc) is 3.25. The molecule has 0 unspecified atom stereocenters. The summed E-state index contributed by atoms with van der Waals surface area (Å²) in [5, 5.41) is 7.46. The summed E-state index contributed by atoms with van der Waals surface area (Å²) in [6, 6.07) is 2.30. The average molecular weight is 368 g/mol. The van der Waals surface area contributed by atoms with Crippen LogP contribution < -0.4 is 5.32 Å². The first-order chi connectivity index (χ1) is 11.8. The molecule has 1 aliphatic carbocycles. The summed E-state index contributed by atoms with van der Waals surface area (Å²) in [7, 11) is -3.14. The van der Waals surface area contributed by atoms with Crippen molar-refractivity contribution in [1.82, 2.24) is 20.0 Å². The molecule has 0 aromatic carbocycles. The van der Waals surface area contributed by atoms with Crippen molar-refractivity contribution in [1.29, 1.82) is 0 Å². The van der Waals surface area contributed by atoms with Crippen LogP contribution in [0.25, 0.3) is 0 Å². The minimum absolute atomic E-state index is 0.0150. The van der Waals surface area contributed by atoms with Crippen LogP contribution in [-0.2, 0) is 38.9 Å². The van der Waals surface area contributed by atoms with E-state index in [0.717, 1.165) is 30.5 Å². The second-order valence-corrected chi connectivity index (χ2v) is 9.15. The summed E-state index contributed by atoms with van der Waals surface area (Å²) < 4.78 is 24.3. The molecule has 25 heavy (non-hydrogen) atoms. The van der Waals surface area contributed by atoms with Gasteiger partial charge in [-0.1, -0.05) is 0 Å². The lowest BCUT2D eigenvalue weighted by atomic mass is 10.2. The maximum absolute atomic E-state index is 12.2. The van der Waals surface area contributed by atoms with Gasteiger partial charge in [0, 0.05) is 38.1 Å². The molecule has 2 heterocycles. The molecule has 0 radical (unpaired) electrons. The molecule has 3 rings (SSSR count). The predicted molar refractivity (Wildman–Crippen MR) is 91.5 cm³/mol. The topological polar surface area (TPSA) is 101 Å². The minimum atomic E-state index is -3.14. The highest BCUT2D eigenvalue weighted by molar-refractivity contribution is 7.90. The highest BCUT2D eigenvalue weighted by Crippen LogP contribution is 2.19. The first-order valence-electron chi connectivity index (χ1n) is 8.60. The van der Waals surface area contributed by atoms with Crippen LogP contribution in [0, 0.1) is 0 Å². The van der Waals surface area contributed by atoms with Gasteiger partial charge in [-0.05, 0) is 18.9 Å². The number of aryl methyl sites for hydroxylation is 1. The molecule has 1 N–H and O–H groups in total. The van der Waals surface area contributed by atoms with Crippen LogP contribution in [0.2, 0.25) is 0 Å². The molecular formula is C16H24N4O4S. The smallest absolute Gasteiger partial charge is 0.224 e. The SMILES string of the molecule is CS(=O)(=O)CCC(=O)N1CCn2nc(CCC(=O)NC3CC3)cc2C1. The van der Waals surface area contributed by atoms with Crippen molar-refractivity contribution < 1.29 is 18.0 Å². The number of hydrogen-bond donors (Lipinski definition) is 1. The molecule has 9 heteroatoms. The molecule has 138 valence electrons. The van der Waals surface area contributed by atoms with E-state index < -0.39 is 9.84 Å². The molecule has 0 bridgehead atoms. The van der Waals surface area contributed by atoms with Crippen LogP contribution in [0.5, 0.6) is 0 Å². The van der Waals surface area contributed by atoms with E-state index in [2.05, 4.69) is 10.4 Å². The van der Waals surface area contributed by atoms with Crippen LogP contribution in [0.1, 0.15) is 37.1 Å². The Morgan fingerprint density at radius 1 is 1.28 bits per heavy atom. The second-order valence-electron chi connectivity index (χ2n) is 6.89. The van der Waals surface area contributed by atoms with E-state index in [1.54, 1.807) is 4.90 Å². The van der Waals surface area contributed by atoms with E-state index in [4.69, 9.17) is 0 Å². The summed E-state index contributed by atoms with van der Waals surface area (Å²) in [5.41, 5.74) is 1.78. The zero-order chi connectivity index (χ0) is 18.0. The number of aromatic nitrogens is 2. The largest absolute Gasteiger partial charge is 0.353 e.